The minimum absolute atomic E-state index is 0.0686. The maximum Gasteiger partial charge on any atom is 0.416 e. The molecule has 6 heteroatoms. The van der Waals surface area contributed by atoms with Gasteiger partial charge in [0.25, 0.3) is 0 Å². The first-order valence-corrected chi connectivity index (χ1v) is 12.7. The van der Waals surface area contributed by atoms with Gasteiger partial charge in [-0.15, -0.1) is 0 Å². The minimum Gasteiger partial charge on any atom is -0.166 e. The van der Waals surface area contributed by atoms with E-state index < -0.39 is 28.9 Å². The van der Waals surface area contributed by atoms with Crippen molar-refractivity contribution < 1.29 is 26.3 Å². The number of rotatable bonds is 2. The van der Waals surface area contributed by atoms with Crippen LogP contribution in [0.3, 0.4) is 0 Å². The maximum atomic E-state index is 13.9. The van der Waals surface area contributed by atoms with Gasteiger partial charge in [-0.2, -0.15) is 26.3 Å². The molecule has 39 heavy (non-hydrogen) atoms. The first kappa shape index (κ1) is 27.0. The third kappa shape index (κ3) is 4.07. The van der Waals surface area contributed by atoms with Gasteiger partial charge in [0.2, 0.25) is 0 Å². The lowest BCUT2D eigenvalue weighted by atomic mass is 9.64. The van der Waals surface area contributed by atoms with Crippen LogP contribution in [0.2, 0.25) is 0 Å². The monoisotopic (exact) mass is 538 g/mol. The molecule has 0 heterocycles. The maximum absolute atomic E-state index is 13.9. The number of alkyl halides is 6. The number of aryl methyl sites for hydroxylation is 6. The molecule has 0 amide bonds. The molecule has 4 aromatic rings. The second-order valence-corrected chi connectivity index (χ2v) is 10.8. The summed E-state index contributed by atoms with van der Waals surface area (Å²) in [6, 6.07) is 17.5. The fourth-order valence-electron chi connectivity index (χ4n) is 6.33. The second-order valence-electron chi connectivity index (χ2n) is 10.8. The molecule has 0 aromatic heterocycles. The minimum atomic E-state index is -4.53. The van der Waals surface area contributed by atoms with Crippen molar-refractivity contribution in [2.75, 3.05) is 0 Å². The number of hydrogen-bond donors (Lipinski definition) is 0. The van der Waals surface area contributed by atoms with Crippen molar-refractivity contribution in [1.29, 1.82) is 0 Å². The number of benzene rings is 4. The van der Waals surface area contributed by atoms with Crippen LogP contribution in [-0.2, 0) is 17.8 Å². The molecule has 0 radical (unpaired) electrons. The predicted molar refractivity (Wildman–Crippen MR) is 142 cm³/mol. The van der Waals surface area contributed by atoms with Crippen molar-refractivity contribution in [3.8, 4) is 11.1 Å². The van der Waals surface area contributed by atoms with Gasteiger partial charge in [-0.1, -0.05) is 59.7 Å². The van der Waals surface area contributed by atoms with Gasteiger partial charge in [-0.25, -0.2) is 0 Å². The molecule has 4 aromatic carbocycles. The molecule has 202 valence electrons. The molecular weight excluding hydrogens is 510 g/mol. The molecule has 0 nitrogen and oxygen atoms in total. The van der Waals surface area contributed by atoms with E-state index in [1.807, 2.05) is 50.2 Å². The van der Waals surface area contributed by atoms with E-state index in [-0.39, 0.29) is 11.1 Å². The summed E-state index contributed by atoms with van der Waals surface area (Å²) in [6.45, 7) is 10.1. The molecular formula is C33H28F6. The summed E-state index contributed by atoms with van der Waals surface area (Å²) in [5.74, 6) is 0. The van der Waals surface area contributed by atoms with Crippen LogP contribution in [-0.4, -0.2) is 0 Å². The highest BCUT2D eigenvalue weighted by Gasteiger charge is 2.49. The fourth-order valence-corrected chi connectivity index (χ4v) is 6.33. The first-order valence-electron chi connectivity index (χ1n) is 12.7. The Morgan fingerprint density at radius 2 is 0.795 bits per heavy atom. The van der Waals surface area contributed by atoms with Gasteiger partial charge < -0.3 is 0 Å². The molecule has 0 N–H and O–H groups in total. The van der Waals surface area contributed by atoms with E-state index in [0.29, 0.717) is 22.3 Å². The van der Waals surface area contributed by atoms with E-state index in [1.54, 1.807) is 26.0 Å². The molecule has 1 aliphatic carbocycles. The van der Waals surface area contributed by atoms with Gasteiger partial charge in [0, 0.05) is 0 Å². The standard InChI is InChI=1S/C33H28F6/c1-17-7-9-23-24-10-8-18(2)12-30(24)31(29(23)11-17,25-13-21(5)27(15-19(25)3)32(34,35)36)26-14-22(6)28(16-20(26)4)33(37,38)39/h7-16H,1-6H3. The molecule has 5 rings (SSSR count). The van der Waals surface area contributed by atoms with Crippen molar-refractivity contribution in [2.45, 2.75) is 59.3 Å². The Balaban J connectivity index is 2.01. The zero-order valence-corrected chi connectivity index (χ0v) is 22.5. The molecule has 0 unspecified atom stereocenters. The van der Waals surface area contributed by atoms with Crippen molar-refractivity contribution in [1.82, 2.24) is 0 Å². The van der Waals surface area contributed by atoms with Gasteiger partial charge in [-0.05, 0) is 109 Å². The predicted octanol–water partition coefficient (Wildman–Crippen LogP) is 9.94. The fraction of sp³-hybridized carbons (Fsp3) is 0.273. The highest BCUT2D eigenvalue weighted by Crippen LogP contribution is 2.58. The van der Waals surface area contributed by atoms with Gasteiger partial charge >= 0.3 is 12.4 Å². The number of hydrogen-bond acceptors (Lipinski definition) is 0. The summed E-state index contributed by atoms with van der Waals surface area (Å²) in [5.41, 5.74) is 5.15. The molecule has 0 aliphatic heterocycles. The van der Waals surface area contributed by atoms with E-state index in [0.717, 1.165) is 33.4 Å². The summed E-state index contributed by atoms with van der Waals surface area (Å²) < 4.78 is 83.4. The second kappa shape index (κ2) is 8.73. The van der Waals surface area contributed by atoms with Gasteiger partial charge in [0.15, 0.2) is 0 Å². The molecule has 0 spiro atoms. The Bertz CT molecular complexity index is 1510. The Morgan fingerprint density at radius 3 is 1.13 bits per heavy atom. The van der Waals surface area contributed by atoms with E-state index in [4.69, 9.17) is 0 Å². The van der Waals surface area contributed by atoms with Gasteiger partial charge in [0.05, 0.1) is 16.5 Å². The van der Waals surface area contributed by atoms with Crippen LogP contribution < -0.4 is 0 Å². The normalized spacial score (nSPS) is 14.4. The van der Waals surface area contributed by atoms with Crippen LogP contribution in [0.25, 0.3) is 11.1 Å². The van der Waals surface area contributed by atoms with E-state index >= 15 is 0 Å². The summed E-state index contributed by atoms with van der Waals surface area (Å²) in [5, 5.41) is 0. The summed E-state index contributed by atoms with van der Waals surface area (Å²) in [4.78, 5) is 0. The topological polar surface area (TPSA) is 0 Å². The van der Waals surface area contributed by atoms with Crippen LogP contribution >= 0.6 is 0 Å². The molecule has 0 saturated carbocycles. The van der Waals surface area contributed by atoms with Crippen LogP contribution in [0.15, 0.2) is 60.7 Å². The Morgan fingerprint density at radius 1 is 0.436 bits per heavy atom. The lowest BCUT2D eigenvalue weighted by Gasteiger charge is -2.37. The SMILES string of the molecule is Cc1ccc2c(c1)C(c1cc(C)c(C(F)(F)F)cc1C)(c1cc(C)c(C(F)(F)F)cc1C)c1cc(C)ccc1-2. The Kier molecular flexibility index (Phi) is 6.06. The average molecular weight is 539 g/mol. The van der Waals surface area contributed by atoms with Crippen molar-refractivity contribution in [3.63, 3.8) is 0 Å². The van der Waals surface area contributed by atoms with Crippen LogP contribution in [0.5, 0.6) is 0 Å². The van der Waals surface area contributed by atoms with Crippen molar-refractivity contribution in [2.24, 2.45) is 0 Å². The number of fused-ring (bicyclic) bond motifs is 3. The highest BCUT2D eigenvalue weighted by molar-refractivity contribution is 5.87. The lowest BCUT2D eigenvalue weighted by molar-refractivity contribution is -0.138. The highest BCUT2D eigenvalue weighted by atomic mass is 19.4. The van der Waals surface area contributed by atoms with Crippen LogP contribution in [0.1, 0.15) is 66.8 Å². The van der Waals surface area contributed by atoms with Crippen molar-refractivity contribution in [3.05, 3.63) is 127 Å². The summed E-state index contributed by atoms with van der Waals surface area (Å²) in [6.07, 6.45) is -9.06. The lowest BCUT2D eigenvalue weighted by Crippen LogP contribution is -2.32. The van der Waals surface area contributed by atoms with E-state index in [2.05, 4.69) is 0 Å². The third-order valence-electron chi connectivity index (χ3n) is 8.01. The Labute approximate surface area is 224 Å². The van der Waals surface area contributed by atoms with Crippen LogP contribution in [0, 0.1) is 41.5 Å². The molecule has 0 saturated heterocycles. The third-order valence-corrected chi connectivity index (χ3v) is 8.01. The van der Waals surface area contributed by atoms with Crippen molar-refractivity contribution >= 4 is 0 Å². The molecule has 1 aliphatic rings. The zero-order chi connectivity index (χ0) is 28.7. The first-order chi connectivity index (χ1) is 18.1. The van der Waals surface area contributed by atoms with Gasteiger partial charge in [-0.3, -0.25) is 0 Å². The van der Waals surface area contributed by atoms with Gasteiger partial charge in [0.1, 0.15) is 0 Å². The zero-order valence-electron chi connectivity index (χ0n) is 22.5. The average Bonchev–Trinajstić information content (AvgIpc) is 3.09. The van der Waals surface area contributed by atoms with E-state index in [9.17, 15) is 26.3 Å². The van der Waals surface area contributed by atoms with E-state index in [1.165, 1.54) is 26.0 Å². The van der Waals surface area contributed by atoms with Crippen LogP contribution in [0.4, 0.5) is 26.3 Å². The summed E-state index contributed by atoms with van der Waals surface area (Å²) >= 11 is 0. The Hall–Kier alpha value is -3.54. The largest absolute Gasteiger partial charge is 0.416 e. The number of halogens is 6. The quantitative estimate of drug-likeness (QED) is 0.196. The smallest absolute Gasteiger partial charge is 0.166 e. The molecule has 0 fully saturated rings. The molecule has 0 atom stereocenters. The summed E-state index contributed by atoms with van der Waals surface area (Å²) in [7, 11) is 0. The molecule has 0 bridgehead atoms.